The maximum Gasteiger partial charge on any atom is 0.0565 e. The normalized spacial score (nSPS) is 12.9. The first-order valence-corrected chi connectivity index (χ1v) is 7.41. The molecule has 2 aromatic rings. The fraction of sp³-hybridized carbons (Fsp3) is 0.308. The van der Waals surface area contributed by atoms with Gasteiger partial charge in [-0.05, 0) is 46.7 Å². The molecule has 1 atom stereocenters. The third kappa shape index (κ3) is 3.38. The van der Waals surface area contributed by atoms with Crippen LogP contribution in [0.1, 0.15) is 16.5 Å². The molecule has 3 nitrogen and oxygen atoms in total. The Balaban J connectivity index is 2.08. The molecule has 5 heteroatoms. The molecule has 0 aliphatic carbocycles. The Morgan fingerprint density at radius 3 is 2.72 bits per heavy atom. The van der Waals surface area contributed by atoms with Crippen molar-refractivity contribution in [3.63, 3.8) is 0 Å². The third-order valence-electron chi connectivity index (χ3n) is 2.85. The number of halogens is 1. The van der Waals surface area contributed by atoms with Gasteiger partial charge in [0.25, 0.3) is 0 Å². The summed E-state index contributed by atoms with van der Waals surface area (Å²) in [5.41, 5.74) is 7.16. The molecule has 2 N–H and O–H groups in total. The van der Waals surface area contributed by atoms with Gasteiger partial charge in [0.2, 0.25) is 0 Å². The summed E-state index contributed by atoms with van der Waals surface area (Å²) in [4.78, 5) is 7.60. The summed E-state index contributed by atoms with van der Waals surface area (Å²) in [6, 6.07) is 6.48. The highest BCUT2D eigenvalue weighted by atomic mass is 79.9. The molecule has 2 heterocycles. The van der Waals surface area contributed by atoms with E-state index in [9.17, 15) is 0 Å². The van der Waals surface area contributed by atoms with E-state index in [-0.39, 0.29) is 6.04 Å². The van der Waals surface area contributed by atoms with Crippen molar-refractivity contribution in [1.82, 2.24) is 9.88 Å². The average Bonchev–Trinajstić information content (AvgIpc) is 2.78. The third-order valence-corrected chi connectivity index (χ3v) is 4.65. The number of rotatable bonds is 5. The van der Waals surface area contributed by atoms with Crippen LogP contribution < -0.4 is 5.73 Å². The predicted octanol–water partition coefficient (Wildman–Crippen LogP) is 3.04. The zero-order valence-electron chi connectivity index (χ0n) is 10.2. The van der Waals surface area contributed by atoms with E-state index < -0.39 is 0 Å². The van der Waals surface area contributed by atoms with Crippen LogP contribution in [0.4, 0.5) is 0 Å². The molecule has 0 bridgehead atoms. The highest BCUT2D eigenvalue weighted by Gasteiger charge is 2.17. The quantitative estimate of drug-likeness (QED) is 0.918. The number of likely N-dealkylation sites (N-methyl/N-ethyl adjacent to an activating group) is 1. The minimum absolute atomic E-state index is 0.259. The van der Waals surface area contributed by atoms with Gasteiger partial charge in [0.05, 0.1) is 6.04 Å². The van der Waals surface area contributed by atoms with Gasteiger partial charge in [-0.3, -0.25) is 9.88 Å². The summed E-state index contributed by atoms with van der Waals surface area (Å²) >= 11 is 5.23. The minimum Gasteiger partial charge on any atom is -0.329 e. The van der Waals surface area contributed by atoms with Crippen LogP contribution in [-0.4, -0.2) is 23.5 Å². The largest absolute Gasteiger partial charge is 0.329 e. The second kappa shape index (κ2) is 6.43. The zero-order valence-corrected chi connectivity index (χ0v) is 12.6. The van der Waals surface area contributed by atoms with Gasteiger partial charge in [-0.1, -0.05) is 0 Å². The minimum atomic E-state index is 0.259. The van der Waals surface area contributed by atoms with Crippen LogP contribution in [0.15, 0.2) is 40.4 Å². The molecule has 0 spiro atoms. The van der Waals surface area contributed by atoms with Crippen molar-refractivity contribution in [3.05, 3.63) is 50.9 Å². The Morgan fingerprint density at radius 2 is 2.17 bits per heavy atom. The van der Waals surface area contributed by atoms with Gasteiger partial charge in [-0.15, -0.1) is 11.3 Å². The summed E-state index contributed by atoms with van der Waals surface area (Å²) in [6.45, 7) is 1.49. The topological polar surface area (TPSA) is 42.2 Å². The average molecular weight is 326 g/mol. The Kier molecular flexibility index (Phi) is 4.88. The molecule has 0 aliphatic rings. The first kappa shape index (κ1) is 13.7. The molecule has 18 heavy (non-hydrogen) atoms. The van der Waals surface area contributed by atoms with E-state index in [1.165, 1.54) is 10.4 Å². The number of nitrogens with zero attached hydrogens (tertiary/aromatic N) is 2. The van der Waals surface area contributed by atoms with Gasteiger partial charge in [-0.2, -0.15) is 0 Å². The van der Waals surface area contributed by atoms with Crippen molar-refractivity contribution in [1.29, 1.82) is 0 Å². The van der Waals surface area contributed by atoms with Gasteiger partial charge < -0.3 is 5.73 Å². The van der Waals surface area contributed by atoms with Crippen LogP contribution in [0.5, 0.6) is 0 Å². The Labute approximate surface area is 120 Å². The van der Waals surface area contributed by atoms with E-state index in [0.717, 1.165) is 11.0 Å². The number of hydrogen-bond donors (Lipinski definition) is 1. The number of hydrogen-bond acceptors (Lipinski definition) is 4. The summed E-state index contributed by atoms with van der Waals surface area (Å²) in [5.74, 6) is 0. The number of aromatic nitrogens is 1. The van der Waals surface area contributed by atoms with E-state index in [1.54, 1.807) is 11.3 Å². The Hall–Kier alpha value is -0.750. The van der Waals surface area contributed by atoms with Crippen LogP contribution in [0.2, 0.25) is 0 Å². The first-order chi connectivity index (χ1) is 8.70. The number of nitrogens with two attached hydrogens (primary N) is 1. The molecule has 0 aliphatic heterocycles. The van der Waals surface area contributed by atoms with E-state index in [4.69, 9.17) is 5.73 Å². The summed E-state index contributed by atoms with van der Waals surface area (Å²) in [6.07, 6.45) is 3.64. The van der Waals surface area contributed by atoms with E-state index >= 15 is 0 Å². The van der Waals surface area contributed by atoms with Crippen molar-refractivity contribution in [2.24, 2.45) is 5.73 Å². The molecule has 0 saturated heterocycles. The fourth-order valence-corrected chi connectivity index (χ4v) is 3.53. The zero-order chi connectivity index (χ0) is 13.0. The molecule has 2 rings (SSSR count). The van der Waals surface area contributed by atoms with Crippen LogP contribution in [0.25, 0.3) is 0 Å². The molecule has 96 valence electrons. The van der Waals surface area contributed by atoms with Crippen LogP contribution in [-0.2, 0) is 6.54 Å². The summed E-state index contributed by atoms with van der Waals surface area (Å²) in [5, 5.41) is 2.10. The van der Waals surface area contributed by atoms with Crippen LogP contribution in [0.3, 0.4) is 0 Å². The first-order valence-electron chi connectivity index (χ1n) is 5.74. The van der Waals surface area contributed by atoms with Gasteiger partial charge in [0.15, 0.2) is 0 Å². The summed E-state index contributed by atoms with van der Waals surface area (Å²) < 4.78 is 1.12. The summed E-state index contributed by atoms with van der Waals surface area (Å²) in [7, 11) is 2.10. The monoisotopic (exact) mass is 325 g/mol. The SMILES string of the molecule is CN(Cc1ccncc1)C(CN)c1cc(Br)cs1. The number of thiophene rings is 1. The fourth-order valence-electron chi connectivity index (χ4n) is 1.90. The molecule has 0 amide bonds. The van der Waals surface area contributed by atoms with E-state index in [0.29, 0.717) is 6.54 Å². The highest BCUT2D eigenvalue weighted by molar-refractivity contribution is 9.10. The number of pyridine rings is 1. The van der Waals surface area contributed by atoms with Crippen molar-refractivity contribution in [2.75, 3.05) is 13.6 Å². The van der Waals surface area contributed by atoms with E-state index in [2.05, 4.69) is 44.3 Å². The van der Waals surface area contributed by atoms with Crippen LogP contribution >= 0.6 is 27.3 Å². The van der Waals surface area contributed by atoms with Gasteiger partial charge in [0, 0.05) is 40.2 Å². The van der Waals surface area contributed by atoms with Crippen molar-refractivity contribution < 1.29 is 0 Å². The lowest BCUT2D eigenvalue weighted by molar-refractivity contribution is 0.245. The maximum atomic E-state index is 5.91. The van der Waals surface area contributed by atoms with Gasteiger partial charge >= 0.3 is 0 Å². The smallest absolute Gasteiger partial charge is 0.0565 e. The highest BCUT2D eigenvalue weighted by Crippen LogP contribution is 2.28. The molecule has 2 aromatic heterocycles. The van der Waals surface area contributed by atoms with Crippen molar-refractivity contribution >= 4 is 27.3 Å². The molecular weight excluding hydrogens is 310 g/mol. The molecular formula is C13H16BrN3S. The van der Waals surface area contributed by atoms with Crippen molar-refractivity contribution in [3.8, 4) is 0 Å². The molecule has 1 unspecified atom stereocenters. The second-order valence-corrected chi connectivity index (χ2v) is 6.05. The predicted molar refractivity (Wildman–Crippen MR) is 79.5 cm³/mol. The molecule has 0 radical (unpaired) electrons. The van der Waals surface area contributed by atoms with Crippen LogP contribution in [0, 0.1) is 0 Å². The molecule has 0 fully saturated rings. The molecule has 0 saturated carbocycles. The van der Waals surface area contributed by atoms with E-state index in [1.807, 2.05) is 24.5 Å². The van der Waals surface area contributed by atoms with Crippen molar-refractivity contribution in [2.45, 2.75) is 12.6 Å². The Morgan fingerprint density at radius 1 is 1.44 bits per heavy atom. The van der Waals surface area contributed by atoms with Gasteiger partial charge in [-0.25, -0.2) is 0 Å². The maximum absolute atomic E-state index is 5.91. The lowest BCUT2D eigenvalue weighted by Crippen LogP contribution is -2.29. The van der Waals surface area contributed by atoms with Gasteiger partial charge in [0.1, 0.15) is 0 Å². The molecule has 0 aromatic carbocycles. The lowest BCUT2D eigenvalue weighted by Gasteiger charge is -2.26. The standard InChI is InChI=1S/C13H16BrN3S/c1-17(8-10-2-4-16-5-3-10)12(7-15)13-6-11(14)9-18-13/h2-6,9,12H,7-8,15H2,1H3. The Bertz CT molecular complexity index is 486. The lowest BCUT2D eigenvalue weighted by atomic mass is 10.2. The second-order valence-electron chi connectivity index (χ2n) is 4.19.